The minimum Gasteiger partial charge on any atom is -0.482 e. The topological polar surface area (TPSA) is 71.0 Å². The molecule has 0 saturated heterocycles. The van der Waals surface area contributed by atoms with Gasteiger partial charge in [-0.15, -0.1) is 0 Å². The van der Waals surface area contributed by atoms with Crippen molar-refractivity contribution in [1.82, 2.24) is 5.43 Å². The molecule has 0 spiro atoms. The number of hydrazone groups is 1. The molecule has 1 fully saturated rings. The van der Waals surface area contributed by atoms with Gasteiger partial charge in [-0.25, -0.2) is 5.43 Å². The van der Waals surface area contributed by atoms with Crippen molar-refractivity contribution in [3.05, 3.63) is 23.8 Å². The second-order valence-corrected chi connectivity index (χ2v) is 6.01. The molecule has 0 radical (unpaired) electrons. The van der Waals surface area contributed by atoms with Gasteiger partial charge in [0.25, 0.3) is 11.8 Å². The maximum absolute atomic E-state index is 12.1. The summed E-state index contributed by atoms with van der Waals surface area (Å²) in [4.78, 5) is 25.7. The third-order valence-electron chi connectivity index (χ3n) is 4.13. The van der Waals surface area contributed by atoms with Crippen molar-refractivity contribution < 1.29 is 14.3 Å². The predicted molar refractivity (Wildman–Crippen MR) is 87.7 cm³/mol. The van der Waals surface area contributed by atoms with E-state index in [1.54, 1.807) is 0 Å². The zero-order valence-corrected chi connectivity index (χ0v) is 13.3. The molecule has 2 aliphatic rings. The normalized spacial score (nSPS) is 17.3. The molecule has 1 N–H and O–H groups in total. The van der Waals surface area contributed by atoms with Crippen LogP contribution in [0.5, 0.6) is 5.75 Å². The van der Waals surface area contributed by atoms with Crippen LogP contribution < -0.4 is 15.1 Å². The standard InChI is InChI=1S/C17H21N3O3/c1-12-7-8-15-14(9-12)20(17(22)11-23-15)10-16(21)19-18-13-5-3-2-4-6-13/h7-9H,2-6,10-11H2,1H3,(H,19,21). The van der Waals surface area contributed by atoms with Gasteiger partial charge in [0, 0.05) is 5.71 Å². The van der Waals surface area contributed by atoms with Gasteiger partial charge in [0.1, 0.15) is 12.3 Å². The lowest BCUT2D eigenvalue weighted by molar-refractivity contribution is -0.125. The number of anilines is 1. The summed E-state index contributed by atoms with van der Waals surface area (Å²) in [6.45, 7) is 1.85. The summed E-state index contributed by atoms with van der Waals surface area (Å²) in [6.07, 6.45) is 5.37. The average Bonchev–Trinajstić information content (AvgIpc) is 2.57. The highest BCUT2D eigenvalue weighted by molar-refractivity contribution is 6.02. The number of ether oxygens (including phenoxy) is 1. The van der Waals surface area contributed by atoms with E-state index in [0.29, 0.717) is 11.4 Å². The molecule has 1 heterocycles. The largest absolute Gasteiger partial charge is 0.482 e. The number of aryl methyl sites for hydroxylation is 1. The SMILES string of the molecule is Cc1ccc2c(c1)N(CC(=O)NN=C1CCCCC1)C(=O)CO2. The van der Waals surface area contributed by atoms with Gasteiger partial charge in [0.2, 0.25) is 0 Å². The van der Waals surface area contributed by atoms with Crippen molar-refractivity contribution in [1.29, 1.82) is 0 Å². The number of carbonyl (C=O) groups excluding carboxylic acids is 2. The second-order valence-electron chi connectivity index (χ2n) is 6.01. The molecule has 1 aromatic rings. The zero-order valence-electron chi connectivity index (χ0n) is 13.3. The molecule has 0 bridgehead atoms. The van der Waals surface area contributed by atoms with Gasteiger partial charge in [-0.05, 0) is 50.3 Å². The fourth-order valence-electron chi connectivity index (χ4n) is 2.88. The zero-order chi connectivity index (χ0) is 16.2. The monoisotopic (exact) mass is 315 g/mol. The van der Waals surface area contributed by atoms with E-state index in [9.17, 15) is 9.59 Å². The lowest BCUT2D eigenvalue weighted by Gasteiger charge is -2.29. The highest BCUT2D eigenvalue weighted by Crippen LogP contribution is 2.32. The molecule has 2 amide bonds. The van der Waals surface area contributed by atoms with Crippen LogP contribution in [0.3, 0.4) is 0 Å². The molecule has 6 nitrogen and oxygen atoms in total. The van der Waals surface area contributed by atoms with Crippen LogP contribution in [0.4, 0.5) is 5.69 Å². The fourth-order valence-corrected chi connectivity index (χ4v) is 2.88. The van der Waals surface area contributed by atoms with Crippen molar-refractivity contribution in [2.45, 2.75) is 39.0 Å². The molecule has 0 atom stereocenters. The molecular formula is C17H21N3O3. The summed E-state index contributed by atoms with van der Waals surface area (Å²) in [5.74, 6) is 0.121. The molecular weight excluding hydrogens is 294 g/mol. The number of hydrogen-bond donors (Lipinski definition) is 1. The first-order valence-electron chi connectivity index (χ1n) is 8.01. The Bertz CT molecular complexity index is 646. The van der Waals surface area contributed by atoms with Gasteiger partial charge in [-0.1, -0.05) is 12.5 Å². The van der Waals surface area contributed by atoms with E-state index >= 15 is 0 Å². The summed E-state index contributed by atoms with van der Waals surface area (Å²) in [5, 5.41) is 4.20. The highest BCUT2D eigenvalue weighted by Gasteiger charge is 2.27. The molecule has 1 aromatic carbocycles. The summed E-state index contributed by atoms with van der Waals surface area (Å²) in [7, 11) is 0. The maximum atomic E-state index is 12.1. The number of amides is 2. The first-order valence-corrected chi connectivity index (χ1v) is 8.01. The Balaban J connectivity index is 1.68. The summed E-state index contributed by atoms with van der Waals surface area (Å²) >= 11 is 0. The number of nitrogens with one attached hydrogen (secondary N) is 1. The molecule has 3 rings (SSSR count). The van der Waals surface area contributed by atoms with Crippen LogP contribution in [0.25, 0.3) is 0 Å². The number of fused-ring (bicyclic) bond motifs is 1. The van der Waals surface area contributed by atoms with Gasteiger partial charge in [-0.3, -0.25) is 14.5 Å². The Labute approximate surface area is 135 Å². The maximum Gasteiger partial charge on any atom is 0.265 e. The summed E-state index contributed by atoms with van der Waals surface area (Å²) < 4.78 is 5.41. The Kier molecular flexibility index (Phi) is 4.60. The van der Waals surface area contributed by atoms with Gasteiger partial charge >= 0.3 is 0 Å². The smallest absolute Gasteiger partial charge is 0.265 e. The number of carbonyl (C=O) groups is 2. The number of nitrogens with zero attached hydrogens (tertiary/aromatic N) is 2. The minimum absolute atomic E-state index is 0.0438. The molecule has 1 aliphatic carbocycles. The molecule has 1 saturated carbocycles. The molecule has 6 heteroatoms. The van der Waals surface area contributed by atoms with E-state index in [-0.39, 0.29) is 25.0 Å². The van der Waals surface area contributed by atoms with Gasteiger partial charge < -0.3 is 4.74 Å². The minimum atomic E-state index is -0.286. The number of rotatable bonds is 3. The van der Waals surface area contributed by atoms with Crippen LogP contribution in [0, 0.1) is 6.92 Å². The average molecular weight is 315 g/mol. The summed E-state index contributed by atoms with van der Waals surface area (Å²) in [5.41, 5.74) is 5.27. The molecule has 0 unspecified atom stereocenters. The van der Waals surface area contributed by atoms with Crippen molar-refractivity contribution in [2.24, 2.45) is 5.10 Å². The lowest BCUT2D eigenvalue weighted by atomic mass is 9.99. The molecule has 0 aromatic heterocycles. The third-order valence-corrected chi connectivity index (χ3v) is 4.13. The van der Waals surface area contributed by atoms with Crippen LogP contribution in [0.1, 0.15) is 37.7 Å². The molecule has 23 heavy (non-hydrogen) atoms. The van der Waals surface area contributed by atoms with Crippen LogP contribution in [-0.4, -0.2) is 30.7 Å². The van der Waals surface area contributed by atoms with Gasteiger partial charge in [0.15, 0.2) is 6.61 Å². The van der Waals surface area contributed by atoms with Crippen LogP contribution in [0.15, 0.2) is 23.3 Å². The lowest BCUT2D eigenvalue weighted by Crippen LogP contribution is -2.44. The van der Waals surface area contributed by atoms with E-state index < -0.39 is 0 Å². The van der Waals surface area contributed by atoms with E-state index in [1.165, 1.54) is 11.3 Å². The molecule has 122 valence electrons. The Morgan fingerprint density at radius 3 is 2.87 bits per heavy atom. The second kappa shape index (κ2) is 6.81. The Hall–Kier alpha value is -2.37. The number of benzene rings is 1. The van der Waals surface area contributed by atoms with Crippen LogP contribution in [-0.2, 0) is 9.59 Å². The highest BCUT2D eigenvalue weighted by atomic mass is 16.5. The van der Waals surface area contributed by atoms with Crippen molar-refractivity contribution in [2.75, 3.05) is 18.1 Å². The molecule has 1 aliphatic heterocycles. The van der Waals surface area contributed by atoms with Crippen LogP contribution >= 0.6 is 0 Å². The van der Waals surface area contributed by atoms with Crippen molar-refractivity contribution in [3.63, 3.8) is 0 Å². The fraction of sp³-hybridized carbons (Fsp3) is 0.471. The van der Waals surface area contributed by atoms with Gasteiger partial charge in [0.05, 0.1) is 5.69 Å². The first-order chi connectivity index (χ1) is 11.1. The van der Waals surface area contributed by atoms with E-state index in [1.807, 2.05) is 25.1 Å². The van der Waals surface area contributed by atoms with Crippen molar-refractivity contribution in [3.8, 4) is 5.75 Å². The van der Waals surface area contributed by atoms with Crippen LogP contribution in [0.2, 0.25) is 0 Å². The third kappa shape index (κ3) is 3.70. The quantitative estimate of drug-likeness (QED) is 0.869. The van der Waals surface area contributed by atoms with E-state index in [4.69, 9.17) is 4.74 Å². The number of hydrogen-bond acceptors (Lipinski definition) is 4. The predicted octanol–water partition coefficient (Wildman–Crippen LogP) is 2.16. The first kappa shape index (κ1) is 15.5. The Morgan fingerprint density at radius 2 is 2.09 bits per heavy atom. The van der Waals surface area contributed by atoms with Gasteiger partial charge in [-0.2, -0.15) is 5.10 Å². The van der Waals surface area contributed by atoms with E-state index in [0.717, 1.165) is 37.0 Å². The Morgan fingerprint density at radius 1 is 1.30 bits per heavy atom. The van der Waals surface area contributed by atoms with Crippen molar-refractivity contribution >= 4 is 23.2 Å². The van der Waals surface area contributed by atoms with E-state index in [2.05, 4.69) is 10.5 Å². The summed E-state index contributed by atoms with van der Waals surface area (Å²) in [6, 6.07) is 5.60.